The molecule has 3 aromatic heterocycles. The summed E-state index contributed by atoms with van der Waals surface area (Å²) in [6.45, 7) is 1.90. The van der Waals surface area contributed by atoms with Gasteiger partial charge >= 0.3 is 13.4 Å². The van der Waals surface area contributed by atoms with Gasteiger partial charge in [-0.05, 0) is 24.3 Å². The number of anilines is 1. The molecule has 0 amide bonds. The first-order valence-electron chi connectivity index (χ1n) is 11.6. The van der Waals surface area contributed by atoms with Crippen molar-refractivity contribution in [2.45, 2.75) is 31.9 Å². The van der Waals surface area contributed by atoms with Crippen LogP contribution < -0.4 is 20.1 Å². The van der Waals surface area contributed by atoms with Crippen LogP contribution in [-0.4, -0.2) is 59.3 Å². The molecular formula is C22H25ClN7O7P. The molecule has 1 aromatic carbocycles. The summed E-state index contributed by atoms with van der Waals surface area (Å²) in [4.78, 5) is 21.9. The Labute approximate surface area is 221 Å². The second-order valence-electron chi connectivity index (χ2n) is 8.72. The molecular weight excluding hydrogens is 541 g/mol. The van der Waals surface area contributed by atoms with Crippen molar-refractivity contribution in [1.82, 2.24) is 23.9 Å². The van der Waals surface area contributed by atoms with Gasteiger partial charge in [0.05, 0.1) is 12.7 Å². The highest BCUT2D eigenvalue weighted by Gasteiger charge is 2.46. The average Bonchev–Trinajstić information content (AvgIpc) is 3.60. The van der Waals surface area contributed by atoms with E-state index in [0.29, 0.717) is 10.8 Å². The third kappa shape index (κ3) is 5.19. The summed E-state index contributed by atoms with van der Waals surface area (Å²) in [5.41, 5.74) is 6.07. The zero-order valence-corrected chi connectivity index (χ0v) is 21.7. The lowest BCUT2D eigenvalue weighted by Crippen LogP contribution is -2.45. The van der Waals surface area contributed by atoms with Gasteiger partial charge in [-0.15, -0.1) is 0 Å². The quantitative estimate of drug-likeness (QED) is 0.193. The summed E-state index contributed by atoms with van der Waals surface area (Å²) in [5, 5.41) is 24.3. The molecule has 1 saturated heterocycles. The van der Waals surface area contributed by atoms with E-state index in [2.05, 4.69) is 15.0 Å². The van der Waals surface area contributed by atoms with Crippen molar-refractivity contribution in [2.24, 2.45) is 5.92 Å². The summed E-state index contributed by atoms with van der Waals surface area (Å²) < 4.78 is 33.6. The molecule has 16 heteroatoms. The van der Waals surface area contributed by atoms with Crippen LogP contribution in [-0.2, 0) is 20.4 Å². The maximum Gasteiger partial charge on any atom is 0.437 e. The van der Waals surface area contributed by atoms with Gasteiger partial charge < -0.3 is 30.3 Å². The van der Waals surface area contributed by atoms with Crippen LogP contribution in [0.15, 0.2) is 49.3 Å². The minimum Gasteiger partial charge on any atom is -0.856 e. The zero-order chi connectivity index (χ0) is 27.0. The highest BCUT2D eigenvalue weighted by Crippen LogP contribution is 2.44. The van der Waals surface area contributed by atoms with E-state index in [-0.39, 0.29) is 36.9 Å². The van der Waals surface area contributed by atoms with E-state index < -0.39 is 38.0 Å². The number of nitrogen functional groups attached to an aromatic ring is 1. The normalized spacial score (nSPS) is 23.1. The van der Waals surface area contributed by atoms with Crippen molar-refractivity contribution < 1.29 is 38.2 Å². The summed E-state index contributed by atoms with van der Waals surface area (Å²) in [7, 11) is -4.19. The Balaban J connectivity index is 1.37. The van der Waals surface area contributed by atoms with Gasteiger partial charge in [0.2, 0.25) is 6.23 Å². The highest BCUT2D eigenvalue weighted by molar-refractivity contribution is 7.51. The van der Waals surface area contributed by atoms with Crippen LogP contribution in [0.2, 0.25) is 5.02 Å². The Bertz CT molecular complexity index is 1470. The molecule has 1 unspecified atom stereocenters. The molecule has 1 aliphatic rings. The molecule has 4 aromatic rings. The molecule has 1 fully saturated rings. The predicted molar refractivity (Wildman–Crippen MR) is 131 cm³/mol. The molecule has 0 radical (unpaired) electrons. The van der Waals surface area contributed by atoms with Gasteiger partial charge in [0, 0.05) is 29.2 Å². The van der Waals surface area contributed by atoms with Crippen molar-refractivity contribution in [3.63, 3.8) is 0 Å². The third-order valence-corrected chi connectivity index (χ3v) is 7.81. The molecule has 1 aliphatic heterocycles. The first kappa shape index (κ1) is 26.4. The largest absolute Gasteiger partial charge is 0.856 e. The van der Waals surface area contributed by atoms with E-state index in [1.807, 2.05) is 0 Å². The van der Waals surface area contributed by atoms with Gasteiger partial charge in [0.1, 0.15) is 31.3 Å². The number of fused-ring (bicyclic) bond motifs is 1. The number of hydrogen-bond acceptors (Lipinski definition) is 10. The molecule has 0 aliphatic carbocycles. The summed E-state index contributed by atoms with van der Waals surface area (Å²) >= 11 is 5.91. The van der Waals surface area contributed by atoms with Crippen LogP contribution >= 0.6 is 19.3 Å². The van der Waals surface area contributed by atoms with Crippen LogP contribution in [0.5, 0.6) is 11.6 Å². The van der Waals surface area contributed by atoms with Crippen molar-refractivity contribution in [2.75, 3.05) is 18.9 Å². The van der Waals surface area contributed by atoms with Crippen LogP contribution in [0.25, 0.3) is 11.2 Å². The average molecular weight is 566 g/mol. The number of benzene rings is 1. The lowest BCUT2D eigenvalue weighted by Gasteiger charge is -2.18. The third-order valence-electron chi connectivity index (χ3n) is 6.26. The maximum atomic E-state index is 12.7. The van der Waals surface area contributed by atoms with Gasteiger partial charge in [-0.3, -0.25) is 9.09 Å². The number of ether oxygens (including phenoxy) is 2. The fourth-order valence-electron chi connectivity index (χ4n) is 4.20. The Kier molecular flexibility index (Phi) is 7.27. The summed E-state index contributed by atoms with van der Waals surface area (Å²) in [5.74, 6) is -0.717. The van der Waals surface area contributed by atoms with E-state index >= 15 is 0 Å². The van der Waals surface area contributed by atoms with Crippen molar-refractivity contribution in [3.8, 4) is 11.6 Å². The minimum absolute atomic E-state index is 0.155. The van der Waals surface area contributed by atoms with Gasteiger partial charge in [-0.1, -0.05) is 23.5 Å². The Morgan fingerprint density at radius 1 is 1.32 bits per heavy atom. The van der Waals surface area contributed by atoms with Gasteiger partial charge in [-0.25, -0.2) is 23.4 Å². The highest BCUT2D eigenvalue weighted by atomic mass is 35.5. The number of nitrogens with zero attached hydrogens (tertiary/aromatic N) is 6. The fourth-order valence-corrected chi connectivity index (χ4v) is 5.22. The molecule has 4 heterocycles. The number of aliphatic hydroxyl groups is 1. The van der Waals surface area contributed by atoms with E-state index in [0.717, 1.165) is 4.34 Å². The van der Waals surface area contributed by atoms with Crippen LogP contribution in [0.1, 0.15) is 13.2 Å². The van der Waals surface area contributed by atoms with Crippen molar-refractivity contribution in [3.05, 3.63) is 54.3 Å². The number of aromatic nitrogens is 6. The molecule has 5 atom stereocenters. The summed E-state index contributed by atoms with van der Waals surface area (Å²) in [6.07, 6.45) is 2.61. The molecule has 38 heavy (non-hydrogen) atoms. The molecule has 202 valence electrons. The van der Waals surface area contributed by atoms with Gasteiger partial charge in [-0.2, -0.15) is 0 Å². The van der Waals surface area contributed by atoms with Crippen molar-refractivity contribution in [1.29, 1.82) is 0 Å². The molecule has 5 rings (SSSR count). The monoisotopic (exact) mass is 565 g/mol. The number of nitrogens with two attached hydrogens (primary N) is 1. The Morgan fingerprint density at radius 3 is 2.79 bits per heavy atom. The maximum absolute atomic E-state index is 12.7. The number of imidazole rings is 2. The zero-order valence-electron chi connectivity index (χ0n) is 20.1. The topological polar surface area (TPSA) is 187 Å². The second kappa shape index (κ2) is 10.5. The van der Waals surface area contributed by atoms with Gasteiger partial charge in [0.25, 0.3) is 5.95 Å². The van der Waals surface area contributed by atoms with E-state index in [9.17, 15) is 19.7 Å². The molecule has 0 spiro atoms. The van der Waals surface area contributed by atoms with Crippen LogP contribution in [0.3, 0.4) is 0 Å². The second-order valence-corrected chi connectivity index (χ2v) is 10.9. The lowest BCUT2D eigenvalue weighted by molar-refractivity contribution is -0.746. The molecule has 4 N–H and O–H groups in total. The van der Waals surface area contributed by atoms with Crippen LogP contribution in [0, 0.1) is 5.92 Å². The van der Waals surface area contributed by atoms with Crippen molar-refractivity contribution >= 4 is 36.5 Å². The molecule has 0 bridgehead atoms. The first-order chi connectivity index (χ1) is 18.1. The lowest BCUT2D eigenvalue weighted by atomic mass is 10.0. The summed E-state index contributed by atoms with van der Waals surface area (Å²) in [6, 6.07) is 6.86. The van der Waals surface area contributed by atoms with E-state index in [4.69, 9.17) is 31.3 Å². The fraction of sp³-hybridized carbons (Fsp3) is 0.364. The minimum atomic E-state index is -4.19. The number of halogens is 1. The molecule has 14 nitrogen and oxygen atoms in total. The smallest absolute Gasteiger partial charge is 0.437 e. The SMILES string of the molecule is C[C@H]1[C@@H](O)[C@H]([n+]2cn(CCOc3ccc(Cl)cc3)c3c([O-])nc(N)nc32)O[C@@H]1COP(=O)(O)n1ccnc1. The Morgan fingerprint density at radius 2 is 2.08 bits per heavy atom. The number of aliphatic hydroxyl groups excluding tert-OH is 1. The first-order valence-corrected chi connectivity index (χ1v) is 13.5. The van der Waals surface area contributed by atoms with E-state index in [1.54, 1.807) is 42.1 Å². The Hall–Kier alpha value is -3.26. The predicted octanol–water partition coefficient (Wildman–Crippen LogP) is 0.863. The number of rotatable bonds is 9. The van der Waals surface area contributed by atoms with E-state index in [1.165, 1.54) is 23.3 Å². The standard InChI is InChI=1S/C22H25ClN7O7P/c1-13-16(10-36-38(33,34)29-7-6-25-11-29)37-21(18(13)31)30-12-28(17-19(30)26-22(24)27-20(17)32)8-9-35-15-4-2-14(23)3-5-15/h2-7,11-13,16,18,21,31H,8-10H2,1H3,(H3-,24,26,27,32,33,34)/t13-,16-,18-,21-/m1/s1. The molecule has 0 saturated carbocycles. The van der Waals surface area contributed by atoms with Gasteiger partial charge in [0.15, 0.2) is 11.8 Å². The van der Waals surface area contributed by atoms with Crippen LogP contribution in [0.4, 0.5) is 5.95 Å². The number of hydrogen-bond donors (Lipinski definition) is 3.